The molecular weight excluding hydrogens is 266 g/mol. The standard InChI is InChI=1S/C16H19N3O2/c1-16(2,3)12-4-6-13(7-5-12)18-10-14(20)19(9-8-17)15(21)11-18/h4-7H,9-11H2,1-3H3. The molecule has 0 aromatic heterocycles. The van der Waals surface area contributed by atoms with E-state index in [1.165, 1.54) is 5.56 Å². The van der Waals surface area contributed by atoms with Gasteiger partial charge in [-0.15, -0.1) is 0 Å². The Morgan fingerprint density at radius 3 is 2.05 bits per heavy atom. The van der Waals surface area contributed by atoms with Gasteiger partial charge < -0.3 is 4.90 Å². The van der Waals surface area contributed by atoms with Crippen molar-refractivity contribution >= 4 is 17.5 Å². The van der Waals surface area contributed by atoms with Gasteiger partial charge in [-0.1, -0.05) is 32.9 Å². The summed E-state index contributed by atoms with van der Waals surface area (Å²) < 4.78 is 0. The van der Waals surface area contributed by atoms with Crippen molar-refractivity contribution in [1.29, 1.82) is 5.26 Å². The highest BCUT2D eigenvalue weighted by molar-refractivity contribution is 6.02. The van der Waals surface area contributed by atoms with E-state index in [-0.39, 0.29) is 36.9 Å². The molecule has 0 N–H and O–H groups in total. The van der Waals surface area contributed by atoms with Crippen LogP contribution in [-0.2, 0) is 15.0 Å². The molecule has 1 saturated heterocycles. The fourth-order valence-electron chi connectivity index (χ4n) is 2.29. The number of anilines is 1. The predicted octanol–water partition coefficient (Wildman–Crippen LogP) is 1.68. The normalized spacial score (nSPS) is 16.1. The molecule has 1 aromatic rings. The van der Waals surface area contributed by atoms with Gasteiger partial charge in [0.15, 0.2) is 0 Å². The maximum Gasteiger partial charge on any atom is 0.249 e. The lowest BCUT2D eigenvalue weighted by molar-refractivity contribution is -0.144. The Balaban J connectivity index is 2.16. The van der Waals surface area contributed by atoms with Crippen molar-refractivity contribution in [2.45, 2.75) is 26.2 Å². The number of carbonyl (C=O) groups excluding carboxylic acids is 2. The number of hydrogen-bond acceptors (Lipinski definition) is 4. The number of nitriles is 1. The molecule has 0 bridgehead atoms. The Labute approximate surface area is 124 Å². The van der Waals surface area contributed by atoms with Crippen LogP contribution in [0.2, 0.25) is 0 Å². The molecule has 5 nitrogen and oxygen atoms in total. The molecule has 0 unspecified atom stereocenters. The van der Waals surface area contributed by atoms with E-state index < -0.39 is 0 Å². The summed E-state index contributed by atoms with van der Waals surface area (Å²) in [6, 6.07) is 9.75. The van der Waals surface area contributed by atoms with Crippen molar-refractivity contribution in [3.8, 4) is 6.07 Å². The zero-order valence-corrected chi connectivity index (χ0v) is 12.6. The van der Waals surface area contributed by atoms with Gasteiger partial charge in [0, 0.05) is 5.69 Å². The fourth-order valence-corrected chi connectivity index (χ4v) is 2.29. The van der Waals surface area contributed by atoms with Gasteiger partial charge >= 0.3 is 0 Å². The van der Waals surface area contributed by atoms with Crippen molar-refractivity contribution in [2.75, 3.05) is 24.5 Å². The summed E-state index contributed by atoms with van der Waals surface area (Å²) in [4.78, 5) is 26.6. The van der Waals surface area contributed by atoms with Gasteiger partial charge in [-0.25, -0.2) is 0 Å². The second-order valence-electron chi connectivity index (χ2n) is 6.18. The van der Waals surface area contributed by atoms with Gasteiger partial charge in [-0.3, -0.25) is 14.5 Å². The number of nitrogens with zero attached hydrogens (tertiary/aromatic N) is 3. The van der Waals surface area contributed by atoms with E-state index in [1.54, 1.807) is 4.90 Å². The highest BCUT2D eigenvalue weighted by Gasteiger charge is 2.30. The summed E-state index contributed by atoms with van der Waals surface area (Å²) in [6.45, 7) is 6.49. The van der Waals surface area contributed by atoms with Gasteiger partial charge in [-0.2, -0.15) is 5.26 Å². The molecule has 0 spiro atoms. The van der Waals surface area contributed by atoms with Gasteiger partial charge in [0.1, 0.15) is 6.54 Å². The van der Waals surface area contributed by atoms with E-state index in [2.05, 4.69) is 20.8 Å². The molecular formula is C16H19N3O2. The number of hydrogen-bond donors (Lipinski definition) is 0. The molecule has 5 heteroatoms. The third kappa shape index (κ3) is 3.22. The molecule has 0 atom stereocenters. The Kier molecular flexibility index (Phi) is 3.99. The largest absolute Gasteiger partial charge is 0.353 e. The zero-order chi connectivity index (χ0) is 15.6. The van der Waals surface area contributed by atoms with Crippen LogP contribution in [0.3, 0.4) is 0 Å². The molecule has 0 radical (unpaired) electrons. The summed E-state index contributed by atoms with van der Waals surface area (Å²) in [5.41, 5.74) is 2.11. The van der Waals surface area contributed by atoms with Crippen molar-refractivity contribution in [3.05, 3.63) is 29.8 Å². The van der Waals surface area contributed by atoms with Crippen LogP contribution in [0.25, 0.3) is 0 Å². The van der Waals surface area contributed by atoms with Crippen LogP contribution in [0, 0.1) is 11.3 Å². The lowest BCUT2D eigenvalue weighted by Crippen LogP contribution is -2.54. The highest BCUT2D eigenvalue weighted by Crippen LogP contribution is 2.25. The maximum atomic E-state index is 11.9. The Hall–Kier alpha value is -2.35. The van der Waals surface area contributed by atoms with Gasteiger partial charge in [-0.05, 0) is 23.1 Å². The quantitative estimate of drug-likeness (QED) is 0.612. The molecule has 0 aliphatic carbocycles. The van der Waals surface area contributed by atoms with Crippen LogP contribution in [0.15, 0.2) is 24.3 Å². The minimum absolute atomic E-state index is 0.0651. The number of carbonyl (C=O) groups is 2. The van der Waals surface area contributed by atoms with E-state index in [9.17, 15) is 9.59 Å². The third-order valence-corrected chi connectivity index (χ3v) is 3.58. The van der Waals surface area contributed by atoms with E-state index in [0.29, 0.717) is 0 Å². The minimum atomic E-state index is -0.326. The van der Waals surface area contributed by atoms with Crippen molar-refractivity contribution in [3.63, 3.8) is 0 Å². The minimum Gasteiger partial charge on any atom is -0.353 e. The SMILES string of the molecule is CC(C)(C)c1ccc(N2CC(=O)N(CC#N)C(=O)C2)cc1. The number of imide groups is 1. The van der Waals surface area contributed by atoms with Crippen molar-refractivity contribution in [2.24, 2.45) is 0 Å². The number of benzene rings is 1. The third-order valence-electron chi connectivity index (χ3n) is 3.58. The summed E-state index contributed by atoms with van der Waals surface area (Å²) in [7, 11) is 0. The monoisotopic (exact) mass is 285 g/mol. The molecule has 2 amide bonds. The van der Waals surface area contributed by atoms with Gasteiger partial charge in [0.2, 0.25) is 11.8 Å². The van der Waals surface area contributed by atoms with Crippen LogP contribution >= 0.6 is 0 Å². The first-order chi connectivity index (χ1) is 9.82. The molecule has 0 saturated carbocycles. The Bertz CT molecular complexity index is 575. The lowest BCUT2D eigenvalue weighted by atomic mass is 9.87. The first-order valence-electron chi connectivity index (χ1n) is 6.88. The average molecular weight is 285 g/mol. The molecule has 1 aliphatic rings. The fraction of sp³-hybridized carbons (Fsp3) is 0.438. The van der Waals surface area contributed by atoms with Crippen LogP contribution in [0.5, 0.6) is 0 Å². The van der Waals surface area contributed by atoms with E-state index in [1.807, 2.05) is 30.3 Å². The first-order valence-corrected chi connectivity index (χ1v) is 6.88. The zero-order valence-electron chi connectivity index (χ0n) is 12.6. The number of rotatable bonds is 2. The van der Waals surface area contributed by atoms with Crippen molar-refractivity contribution in [1.82, 2.24) is 4.90 Å². The molecule has 2 rings (SSSR count). The van der Waals surface area contributed by atoms with Gasteiger partial charge in [0.05, 0.1) is 19.2 Å². The van der Waals surface area contributed by atoms with Crippen LogP contribution in [0.1, 0.15) is 26.3 Å². The topological polar surface area (TPSA) is 64.4 Å². The second-order valence-corrected chi connectivity index (χ2v) is 6.18. The first kappa shape index (κ1) is 15.0. The Morgan fingerprint density at radius 2 is 1.62 bits per heavy atom. The lowest BCUT2D eigenvalue weighted by Gasteiger charge is -2.33. The maximum absolute atomic E-state index is 11.9. The summed E-state index contributed by atoms with van der Waals surface area (Å²) >= 11 is 0. The molecule has 110 valence electrons. The molecule has 1 aromatic carbocycles. The van der Waals surface area contributed by atoms with Crippen LogP contribution in [-0.4, -0.2) is 36.3 Å². The smallest absolute Gasteiger partial charge is 0.249 e. The molecule has 1 fully saturated rings. The van der Waals surface area contributed by atoms with E-state index >= 15 is 0 Å². The molecule has 1 aliphatic heterocycles. The van der Waals surface area contributed by atoms with E-state index in [4.69, 9.17) is 5.26 Å². The van der Waals surface area contributed by atoms with E-state index in [0.717, 1.165) is 10.6 Å². The number of amides is 2. The summed E-state index contributed by atoms with van der Waals surface area (Å²) in [5, 5.41) is 8.63. The second kappa shape index (κ2) is 5.57. The molecule has 1 heterocycles. The number of piperazine rings is 1. The van der Waals surface area contributed by atoms with Crippen molar-refractivity contribution < 1.29 is 9.59 Å². The highest BCUT2D eigenvalue weighted by atomic mass is 16.2. The predicted molar refractivity (Wildman–Crippen MR) is 79.7 cm³/mol. The molecule has 21 heavy (non-hydrogen) atoms. The summed E-state index contributed by atoms with van der Waals surface area (Å²) in [6.07, 6.45) is 0. The van der Waals surface area contributed by atoms with Crippen LogP contribution < -0.4 is 4.90 Å². The summed E-state index contributed by atoms with van der Waals surface area (Å²) in [5.74, 6) is -0.652. The van der Waals surface area contributed by atoms with Crippen LogP contribution in [0.4, 0.5) is 5.69 Å². The Morgan fingerprint density at radius 1 is 1.10 bits per heavy atom. The van der Waals surface area contributed by atoms with Gasteiger partial charge in [0.25, 0.3) is 0 Å². The average Bonchev–Trinajstić information content (AvgIpc) is 2.42.